The van der Waals surface area contributed by atoms with Crippen LogP contribution in [0.2, 0.25) is 5.15 Å². The van der Waals surface area contributed by atoms with Gasteiger partial charge in [0.2, 0.25) is 0 Å². The third-order valence-electron chi connectivity index (χ3n) is 1.66. The molecule has 0 saturated heterocycles. The Morgan fingerprint density at radius 1 is 1.43 bits per heavy atom. The number of hydrogen-bond donors (Lipinski definition) is 1. The molecule has 2 rings (SSSR count). The fraction of sp³-hybridized carbons (Fsp3) is 0. The second-order valence-electron chi connectivity index (χ2n) is 2.61. The number of pyridine rings is 1. The van der Waals surface area contributed by atoms with Gasteiger partial charge in [0.15, 0.2) is 0 Å². The number of hydrazine groups is 2. The van der Waals surface area contributed by atoms with Gasteiger partial charge in [-0.2, -0.15) is 10.2 Å². The topological polar surface area (TPSA) is 57.8 Å². The number of nitrogens with zero attached hydrogens (tertiary/aromatic N) is 4. The fourth-order valence-corrected chi connectivity index (χ4v) is 1.24. The van der Waals surface area contributed by atoms with E-state index in [-0.39, 0.29) is 0 Å². The Morgan fingerprint density at radius 2 is 2.29 bits per heavy atom. The van der Waals surface area contributed by atoms with Gasteiger partial charge in [-0.15, -0.1) is 0 Å². The molecule has 1 aromatic heterocycles. The van der Waals surface area contributed by atoms with Crippen LogP contribution in [0.4, 0.5) is 5.69 Å². The molecule has 0 radical (unpaired) electrons. The Morgan fingerprint density at radius 3 is 3.00 bits per heavy atom. The molecular weight excluding hydrogens is 202 g/mol. The largest absolute Gasteiger partial charge is 0.244 e. The van der Waals surface area contributed by atoms with Crippen LogP contribution in [0.15, 0.2) is 35.7 Å². The third kappa shape index (κ3) is 1.68. The van der Waals surface area contributed by atoms with Crippen molar-refractivity contribution in [2.75, 3.05) is 5.12 Å². The molecule has 1 aliphatic rings. The molecule has 0 fully saturated rings. The molecule has 1 aromatic rings. The molecule has 0 saturated carbocycles. The van der Waals surface area contributed by atoms with Gasteiger partial charge in [0.25, 0.3) is 0 Å². The summed E-state index contributed by atoms with van der Waals surface area (Å²) in [7, 11) is 0. The molecule has 72 valence electrons. The molecule has 2 heterocycles. The normalized spacial score (nSPS) is 15.0. The average molecular weight is 210 g/mol. The highest BCUT2D eigenvalue weighted by Gasteiger charge is 2.10. The monoisotopic (exact) mass is 209 g/mol. The van der Waals surface area contributed by atoms with Crippen LogP contribution in [0.1, 0.15) is 0 Å². The van der Waals surface area contributed by atoms with Gasteiger partial charge >= 0.3 is 0 Å². The van der Waals surface area contributed by atoms with E-state index in [0.717, 1.165) is 5.69 Å². The highest BCUT2D eigenvalue weighted by Crippen LogP contribution is 2.19. The van der Waals surface area contributed by atoms with Gasteiger partial charge in [-0.05, 0) is 12.1 Å². The smallest absolute Gasteiger partial charge is 0.131 e. The predicted molar refractivity (Wildman–Crippen MR) is 55.4 cm³/mol. The first-order chi connectivity index (χ1) is 6.77. The van der Waals surface area contributed by atoms with Gasteiger partial charge in [0, 0.05) is 18.5 Å². The molecule has 0 bridgehead atoms. The molecule has 0 amide bonds. The van der Waals surface area contributed by atoms with Gasteiger partial charge in [-0.1, -0.05) is 11.6 Å². The lowest BCUT2D eigenvalue weighted by Gasteiger charge is -2.28. The van der Waals surface area contributed by atoms with Crippen LogP contribution in [0.3, 0.4) is 0 Å². The van der Waals surface area contributed by atoms with Crippen molar-refractivity contribution in [2.45, 2.75) is 0 Å². The van der Waals surface area contributed by atoms with Gasteiger partial charge in [-0.3, -0.25) is 0 Å². The van der Waals surface area contributed by atoms with Gasteiger partial charge < -0.3 is 0 Å². The number of hydrazone groups is 1. The standard InChI is InChI=1S/C8H8ClN5/c9-8-6-7(2-4-11-8)14-12-3-1-5-13(14)10/h1-6H,10H2. The lowest BCUT2D eigenvalue weighted by molar-refractivity contribution is 0.360. The fourth-order valence-electron chi connectivity index (χ4n) is 1.07. The summed E-state index contributed by atoms with van der Waals surface area (Å²) in [4.78, 5) is 3.87. The number of halogens is 1. The Hall–Kier alpha value is -1.59. The molecule has 14 heavy (non-hydrogen) atoms. The third-order valence-corrected chi connectivity index (χ3v) is 1.87. The number of hydrogen-bond acceptors (Lipinski definition) is 5. The van der Waals surface area contributed by atoms with Crippen LogP contribution in [0.25, 0.3) is 0 Å². The lowest BCUT2D eigenvalue weighted by atomic mass is 10.4. The van der Waals surface area contributed by atoms with Crippen molar-refractivity contribution in [3.63, 3.8) is 0 Å². The van der Waals surface area contributed by atoms with E-state index < -0.39 is 0 Å². The first kappa shape index (κ1) is 8.98. The second-order valence-corrected chi connectivity index (χ2v) is 3.00. The molecule has 0 unspecified atom stereocenters. The molecule has 0 atom stereocenters. The number of allylic oxidation sites excluding steroid dienone is 1. The van der Waals surface area contributed by atoms with Crippen LogP contribution in [-0.2, 0) is 0 Å². The Kier molecular flexibility index (Phi) is 2.34. The van der Waals surface area contributed by atoms with Crippen LogP contribution in [-0.4, -0.2) is 16.3 Å². The average Bonchev–Trinajstić information content (AvgIpc) is 2.18. The Bertz CT molecular complexity index is 389. The molecule has 0 aromatic carbocycles. The van der Waals surface area contributed by atoms with Gasteiger partial charge in [-0.25, -0.2) is 15.9 Å². The summed E-state index contributed by atoms with van der Waals surface area (Å²) in [5, 5.41) is 7.32. The summed E-state index contributed by atoms with van der Waals surface area (Å²) in [5.74, 6) is 5.66. The molecule has 1 aliphatic heterocycles. The van der Waals surface area contributed by atoms with E-state index in [4.69, 9.17) is 17.4 Å². The van der Waals surface area contributed by atoms with Gasteiger partial charge in [0.05, 0.1) is 11.9 Å². The molecule has 5 nitrogen and oxygen atoms in total. The Labute approximate surface area is 86.0 Å². The highest BCUT2D eigenvalue weighted by molar-refractivity contribution is 6.29. The van der Waals surface area contributed by atoms with Crippen molar-refractivity contribution in [1.29, 1.82) is 0 Å². The van der Waals surface area contributed by atoms with Crippen molar-refractivity contribution in [1.82, 2.24) is 10.1 Å². The number of nitrogens with two attached hydrogens (primary N) is 1. The Balaban J connectivity index is 2.31. The molecular formula is C8H8ClN5. The summed E-state index contributed by atoms with van der Waals surface area (Å²) in [6.07, 6.45) is 6.65. The van der Waals surface area contributed by atoms with E-state index >= 15 is 0 Å². The summed E-state index contributed by atoms with van der Waals surface area (Å²) in [5.41, 5.74) is 0.758. The highest BCUT2D eigenvalue weighted by atomic mass is 35.5. The molecule has 6 heteroatoms. The molecule has 0 spiro atoms. The van der Waals surface area contributed by atoms with Crippen molar-refractivity contribution >= 4 is 23.5 Å². The number of anilines is 1. The quantitative estimate of drug-likeness (QED) is 0.557. The second kappa shape index (κ2) is 3.65. The maximum atomic E-state index is 5.74. The van der Waals surface area contributed by atoms with Crippen molar-refractivity contribution < 1.29 is 0 Å². The summed E-state index contributed by atoms with van der Waals surface area (Å²) in [6.45, 7) is 0. The predicted octanol–water partition coefficient (Wildman–Crippen LogP) is 1.15. The summed E-state index contributed by atoms with van der Waals surface area (Å²) in [6, 6.07) is 3.44. The minimum Gasteiger partial charge on any atom is -0.244 e. The van der Waals surface area contributed by atoms with Crippen molar-refractivity contribution in [3.8, 4) is 0 Å². The first-order valence-electron chi connectivity index (χ1n) is 3.94. The van der Waals surface area contributed by atoms with E-state index in [1.807, 2.05) is 0 Å². The SMILES string of the molecule is NN1C=CC=NN1c1ccnc(Cl)c1. The minimum atomic E-state index is 0.403. The van der Waals surface area contributed by atoms with E-state index in [9.17, 15) is 0 Å². The van der Waals surface area contributed by atoms with Crippen LogP contribution >= 0.6 is 11.6 Å². The van der Waals surface area contributed by atoms with Gasteiger partial charge in [0.1, 0.15) is 5.15 Å². The maximum absolute atomic E-state index is 5.74. The summed E-state index contributed by atoms with van der Waals surface area (Å²) >= 11 is 5.74. The van der Waals surface area contributed by atoms with E-state index in [2.05, 4.69) is 10.1 Å². The lowest BCUT2D eigenvalue weighted by Crippen LogP contribution is -2.41. The molecule has 0 aliphatic carbocycles. The molecule has 2 N–H and O–H groups in total. The zero-order valence-corrected chi connectivity index (χ0v) is 7.96. The van der Waals surface area contributed by atoms with E-state index in [0.29, 0.717) is 5.15 Å². The minimum absolute atomic E-state index is 0.403. The number of aromatic nitrogens is 1. The zero-order valence-electron chi connectivity index (χ0n) is 7.21. The summed E-state index contributed by atoms with van der Waals surface area (Å²) < 4.78 is 0. The van der Waals surface area contributed by atoms with Crippen LogP contribution < -0.4 is 11.0 Å². The first-order valence-corrected chi connectivity index (χ1v) is 4.31. The van der Waals surface area contributed by atoms with Crippen molar-refractivity contribution in [3.05, 3.63) is 35.8 Å². The van der Waals surface area contributed by atoms with Crippen molar-refractivity contribution in [2.24, 2.45) is 10.9 Å². The van der Waals surface area contributed by atoms with Crippen LogP contribution in [0, 0.1) is 0 Å². The number of rotatable bonds is 1. The van der Waals surface area contributed by atoms with Crippen LogP contribution in [0.5, 0.6) is 0 Å². The van der Waals surface area contributed by atoms with E-state index in [1.165, 1.54) is 10.2 Å². The maximum Gasteiger partial charge on any atom is 0.131 e. The zero-order chi connectivity index (χ0) is 9.97. The van der Waals surface area contributed by atoms with E-state index in [1.54, 1.807) is 36.8 Å².